The van der Waals surface area contributed by atoms with Gasteiger partial charge in [-0.05, 0) is 29.0 Å². The molecular weight excluding hydrogens is 163 g/mol. The molecule has 1 aromatic carbocycles. The Morgan fingerprint density at radius 1 is 1.08 bits per heavy atom. The Morgan fingerprint density at radius 3 is 2.15 bits per heavy atom. The van der Waals surface area contributed by atoms with Crippen LogP contribution >= 0.6 is 0 Å². The van der Waals surface area contributed by atoms with Crippen molar-refractivity contribution in [3.05, 3.63) is 35.1 Å². The van der Waals surface area contributed by atoms with Crippen molar-refractivity contribution in [2.75, 3.05) is 0 Å². The summed E-state index contributed by atoms with van der Waals surface area (Å²) in [6.07, 6.45) is 0. The van der Waals surface area contributed by atoms with Crippen LogP contribution in [-0.4, -0.2) is 0 Å². The minimum Gasteiger partial charge on any atom is -0.206 e. The summed E-state index contributed by atoms with van der Waals surface area (Å²) in [5, 5.41) is 0. The van der Waals surface area contributed by atoms with Crippen molar-refractivity contribution < 1.29 is 4.39 Å². The Balaban J connectivity index is 3.11. The van der Waals surface area contributed by atoms with Gasteiger partial charge in [0.1, 0.15) is 5.82 Å². The molecule has 0 atom stereocenters. The van der Waals surface area contributed by atoms with E-state index in [1.165, 1.54) is 0 Å². The Labute approximate surface area is 79.8 Å². The summed E-state index contributed by atoms with van der Waals surface area (Å²) < 4.78 is 13.1. The molecular formula is C12H16F. The van der Waals surface area contributed by atoms with E-state index in [4.69, 9.17) is 0 Å². The molecule has 0 saturated carbocycles. The molecule has 0 nitrogen and oxygen atoms in total. The number of hydrogen-bond acceptors (Lipinski definition) is 0. The summed E-state index contributed by atoms with van der Waals surface area (Å²) in [4.78, 5) is 0. The van der Waals surface area contributed by atoms with E-state index >= 15 is 0 Å². The van der Waals surface area contributed by atoms with Gasteiger partial charge in [0.05, 0.1) is 0 Å². The lowest BCUT2D eigenvalue weighted by molar-refractivity contribution is 0.615. The number of hydrogen-bond donors (Lipinski definition) is 0. The molecule has 0 aliphatic carbocycles. The van der Waals surface area contributed by atoms with Crippen LogP contribution in [0.4, 0.5) is 4.39 Å². The highest BCUT2D eigenvalue weighted by Gasteiger charge is 2.06. The van der Waals surface area contributed by atoms with E-state index in [9.17, 15) is 4.39 Å². The predicted molar refractivity (Wildman–Crippen MR) is 53.4 cm³/mol. The summed E-state index contributed by atoms with van der Waals surface area (Å²) in [7, 11) is 0. The van der Waals surface area contributed by atoms with Gasteiger partial charge in [0.2, 0.25) is 0 Å². The monoisotopic (exact) mass is 179 g/mol. The molecule has 0 spiro atoms. The van der Waals surface area contributed by atoms with Gasteiger partial charge in [-0.15, -0.1) is 0 Å². The van der Waals surface area contributed by atoms with E-state index in [0.29, 0.717) is 11.8 Å². The standard InChI is InChI=1S/C12H16F/c1-8(2)10-5-11(9(3)4)7-12(13)6-10/h5-6,8-9H,1-4H3. The molecule has 71 valence electrons. The smallest absolute Gasteiger partial charge is 0.131 e. The molecule has 0 amide bonds. The molecule has 0 heterocycles. The second kappa shape index (κ2) is 3.91. The first kappa shape index (κ1) is 10.2. The first-order valence-corrected chi connectivity index (χ1v) is 4.73. The average Bonchev–Trinajstić information content (AvgIpc) is 2.03. The molecule has 0 unspecified atom stereocenters. The SMILES string of the molecule is CC(C)c1[c]c(F)cc(C(C)C)c1. The molecule has 0 fully saturated rings. The summed E-state index contributed by atoms with van der Waals surface area (Å²) in [6.45, 7) is 8.24. The van der Waals surface area contributed by atoms with Crippen LogP contribution in [0.15, 0.2) is 12.1 Å². The first-order chi connectivity index (χ1) is 6.00. The Kier molecular flexibility index (Phi) is 3.07. The molecule has 1 aromatic rings. The maximum absolute atomic E-state index is 13.1. The molecule has 13 heavy (non-hydrogen) atoms. The summed E-state index contributed by atoms with van der Waals surface area (Å²) in [6, 6.07) is 6.34. The highest BCUT2D eigenvalue weighted by atomic mass is 19.1. The minimum atomic E-state index is -0.241. The second-order valence-corrected chi connectivity index (χ2v) is 4.03. The lowest BCUT2D eigenvalue weighted by Gasteiger charge is -2.10. The van der Waals surface area contributed by atoms with Gasteiger partial charge in [-0.1, -0.05) is 33.8 Å². The van der Waals surface area contributed by atoms with Gasteiger partial charge in [0.25, 0.3) is 0 Å². The van der Waals surface area contributed by atoms with Crippen LogP contribution in [0, 0.1) is 11.9 Å². The van der Waals surface area contributed by atoms with Crippen molar-refractivity contribution in [3.8, 4) is 0 Å². The third-order valence-corrected chi connectivity index (χ3v) is 2.17. The van der Waals surface area contributed by atoms with Crippen molar-refractivity contribution in [1.29, 1.82) is 0 Å². The summed E-state index contributed by atoms with van der Waals surface area (Å²) >= 11 is 0. The number of rotatable bonds is 2. The van der Waals surface area contributed by atoms with Crippen molar-refractivity contribution in [2.24, 2.45) is 0 Å². The van der Waals surface area contributed by atoms with Crippen LogP contribution in [0.5, 0.6) is 0 Å². The topological polar surface area (TPSA) is 0 Å². The van der Waals surface area contributed by atoms with Crippen LogP contribution in [0.25, 0.3) is 0 Å². The predicted octanol–water partition coefficient (Wildman–Crippen LogP) is 3.87. The van der Waals surface area contributed by atoms with Crippen LogP contribution in [-0.2, 0) is 0 Å². The van der Waals surface area contributed by atoms with Crippen molar-refractivity contribution in [2.45, 2.75) is 39.5 Å². The van der Waals surface area contributed by atoms with Crippen molar-refractivity contribution in [3.63, 3.8) is 0 Å². The van der Waals surface area contributed by atoms with Gasteiger partial charge >= 0.3 is 0 Å². The zero-order chi connectivity index (χ0) is 10.0. The van der Waals surface area contributed by atoms with Gasteiger partial charge < -0.3 is 0 Å². The molecule has 1 rings (SSSR count). The Bertz CT molecular complexity index is 261. The zero-order valence-electron chi connectivity index (χ0n) is 8.69. The average molecular weight is 179 g/mol. The molecule has 0 bridgehead atoms. The second-order valence-electron chi connectivity index (χ2n) is 4.03. The molecule has 1 heteroatoms. The molecule has 1 radical (unpaired) electrons. The van der Waals surface area contributed by atoms with Crippen LogP contribution in [0.2, 0.25) is 0 Å². The first-order valence-electron chi connectivity index (χ1n) is 4.73. The highest BCUT2D eigenvalue weighted by molar-refractivity contribution is 5.27. The van der Waals surface area contributed by atoms with E-state index < -0.39 is 0 Å². The van der Waals surface area contributed by atoms with Crippen molar-refractivity contribution >= 4 is 0 Å². The third kappa shape index (κ3) is 2.55. The largest absolute Gasteiger partial charge is 0.206 e. The van der Waals surface area contributed by atoms with E-state index in [1.54, 1.807) is 6.07 Å². The van der Waals surface area contributed by atoms with E-state index in [1.807, 2.05) is 6.07 Å². The number of benzene rings is 1. The summed E-state index contributed by atoms with van der Waals surface area (Å²) in [5.74, 6) is 0.477. The van der Waals surface area contributed by atoms with Crippen LogP contribution < -0.4 is 0 Å². The Hall–Kier alpha value is -0.850. The van der Waals surface area contributed by atoms with Gasteiger partial charge in [0, 0.05) is 6.07 Å². The molecule has 0 N–H and O–H groups in total. The van der Waals surface area contributed by atoms with E-state index in [2.05, 4.69) is 33.8 Å². The van der Waals surface area contributed by atoms with E-state index in [-0.39, 0.29) is 5.82 Å². The number of halogens is 1. The molecule has 0 aliphatic heterocycles. The highest BCUT2D eigenvalue weighted by Crippen LogP contribution is 2.21. The van der Waals surface area contributed by atoms with Crippen LogP contribution in [0.3, 0.4) is 0 Å². The molecule has 0 saturated heterocycles. The van der Waals surface area contributed by atoms with Gasteiger partial charge in [-0.25, -0.2) is 4.39 Å². The summed E-state index contributed by atoms with van der Waals surface area (Å²) in [5.41, 5.74) is 2.02. The molecule has 0 aliphatic rings. The lowest BCUT2D eigenvalue weighted by Crippen LogP contribution is -1.95. The lowest BCUT2D eigenvalue weighted by atomic mass is 9.96. The fourth-order valence-electron chi connectivity index (χ4n) is 1.22. The fraction of sp³-hybridized carbons (Fsp3) is 0.500. The Morgan fingerprint density at radius 2 is 1.69 bits per heavy atom. The minimum absolute atomic E-state index is 0.241. The van der Waals surface area contributed by atoms with Gasteiger partial charge in [-0.3, -0.25) is 0 Å². The normalized spacial score (nSPS) is 11.3. The zero-order valence-corrected chi connectivity index (χ0v) is 8.69. The maximum atomic E-state index is 13.1. The van der Waals surface area contributed by atoms with E-state index in [0.717, 1.165) is 11.1 Å². The van der Waals surface area contributed by atoms with Gasteiger partial charge in [0.15, 0.2) is 0 Å². The van der Waals surface area contributed by atoms with Gasteiger partial charge in [-0.2, -0.15) is 0 Å². The van der Waals surface area contributed by atoms with Crippen LogP contribution in [0.1, 0.15) is 50.7 Å². The third-order valence-electron chi connectivity index (χ3n) is 2.17. The quantitative estimate of drug-likeness (QED) is 0.646. The fourth-order valence-corrected chi connectivity index (χ4v) is 1.22. The molecule has 0 aromatic heterocycles. The maximum Gasteiger partial charge on any atom is 0.131 e. The van der Waals surface area contributed by atoms with Crippen molar-refractivity contribution in [1.82, 2.24) is 0 Å².